The van der Waals surface area contributed by atoms with E-state index in [0.717, 1.165) is 25.1 Å². The zero-order valence-corrected chi connectivity index (χ0v) is 11.1. The number of aryl methyl sites for hydroxylation is 2. The second kappa shape index (κ2) is 5.15. The number of hydrogen-bond donors (Lipinski definition) is 1. The standard InChI is InChI=1S/C16H21NO/c1-2-17-8-7-14-11-18-16-10-13-6-4-3-5-12(13)9-15(14)16/h9-11,17H,2-8H2,1H3. The fourth-order valence-corrected chi connectivity index (χ4v) is 2.90. The zero-order valence-electron chi connectivity index (χ0n) is 11.1. The van der Waals surface area contributed by atoms with Gasteiger partial charge in [0.25, 0.3) is 0 Å². The molecular weight excluding hydrogens is 222 g/mol. The Morgan fingerprint density at radius 2 is 1.94 bits per heavy atom. The number of hydrogen-bond acceptors (Lipinski definition) is 2. The van der Waals surface area contributed by atoms with Gasteiger partial charge in [-0.15, -0.1) is 0 Å². The van der Waals surface area contributed by atoms with Crippen LogP contribution in [0.4, 0.5) is 0 Å². The Labute approximate surface area is 108 Å². The first-order chi connectivity index (χ1) is 8.88. The Balaban J connectivity index is 1.92. The minimum absolute atomic E-state index is 1.03. The van der Waals surface area contributed by atoms with Gasteiger partial charge in [0.15, 0.2) is 0 Å². The van der Waals surface area contributed by atoms with Gasteiger partial charge in [0.2, 0.25) is 0 Å². The van der Waals surface area contributed by atoms with Crippen molar-refractivity contribution in [1.29, 1.82) is 0 Å². The van der Waals surface area contributed by atoms with E-state index >= 15 is 0 Å². The van der Waals surface area contributed by atoms with Gasteiger partial charge in [0, 0.05) is 5.39 Å². The van der Waals surface area contributed by atoms with Gasteiger partial charge in [-0.1, -0.05) is 6.92 Å². The van der Waals surface area contributed by atoms with E-state index in [9.17, 15) is 0 Å². The molecule has 0 aliphatic heterocycles. The third-order valence-electron chi connectivity index (χ3n) is 3.94. The molecule has 0 atom stereocenters. The Hall–Kier alpha value is -1.28. The van der Waals surface area contributed by atoms with E-state index in [1.54, 1.807) is 5.56 Å². The first kappa shape index (κ1) is 11.8. The SMILES string of the molecule is CCNCCc1coc2cc3c(cc12)CCCC3. The van der Waals surface area contributed by atoms with Crippen LogP contribution >= 0.6 is 0 Å². The lowest BCUT2D eigenvalue weighted by Crippen LogP contribution is -2.15. The number of furan rings is 1. The van der Waals surface area contributed by atoms with Gasteiger partial charge in [-0.2, -0.15) is 0 Å². The molecule has 0 saturated heterocycles. The quantitative estimate of drug-likeness (QED) is 0.832. The lowest BCUT2D eigenvalue weighted by molar-refractivity contribution is 0.605. The first-order valence-electron chi connectivity index (χ1n) is 7.11. The van der Waals surface area contributed by atoms with Gasteiger partial charge in [-0.3, -0.25) is 0 Å². The molecule has 0 bridgehead atoms. The summed E-state index contributed by atoms with van der Waals surface area (Å²) in [6.07, 6.45) is 8.12. The zero-order chi connectivity index (χ0) is 12.4. The van der Waals surface area contributed by atoms with Crippen molar-refractivity contribution in [3.8, 4) is 0 Å². The molecule has 18 heavy (non-hydrogen) atoms. The molecule has 3 rings (SSSR count). The van der Waals surface area contributed by atoms with Crippen LogP contribution in [0.3, 0.4) is 0 Å². The fourth-order valence-electron chi connectivity index (χ4n) is 2.90. The molecule has 0 radical (unpaired) electrons. The summed E-state index contributed by atoms with van der Waals surface area (Å²) < 4.78 is 5.72. The van der Waals surface area contributed by atoms with Crippen molar-refractivity contribution >= 4 is 11.0 Å². The van der Waals surface area contributed by atoms with Gasteiger partial charge in [0.1, 0.15) is 5.58 Å². The van der Waals surface area contributed by atoms with Crippen molar-refractivity contribution in [2.45, 2.75) is 39.0 Å². The van der Waals surface area contributed by atoms with Crippen molar-refractivity contribution in [2.24, 2.45) is 0 Å². The number of rotatable bonds is 4. The topological polar surface area (TPSA) is 25.2 Å². The van der Waals surface area contributed by atoms with E-state index < -0.39 is 0 Å². The van der Waals surface area contributed by atoms with Crippen LogP contribution in [0.2, 0.25) is 0 Å². The monoisotopic (exact) mass is 243 g/mol. The van der Waals surface area contributed by atoms with E-state index in [2.05, 4.69) is 24.4 Å². The molecule has 0 unspecified atom stereocenters. The first-order valence-corrected chi connectivity index (χ1v) is 7.11. The molecule has 1 heterocycles. The van der Waals surface area contributed by atoms with Crippen molar-refractivity contribution in [3.05, 3.63) is 35.1 Å². The van der Waals surface area contributed by atoms with E-state index in [0.29, 0.717) is 0 Å². The molecule has 1 aliphatic rings. The average molecular weight is 243 g/mol. The van der Waals surface area contributed by atoms with Crippen molar-refractivity contribution < 1.29 is 4.42 Å². The summed E-state index contributed by atoms with van der Waals surface area (Å²) in [5.74, 6) is 0. The van der Waals surface area contributed by atoms with Crippen LogP contribution in [-0.2, 0) is 19.3 Å². The average Bonchev–Trinajstić information content (AvgIpc) is 2.79. The highest BCUT2D eigenvalue weighted by molar-refractivity contribution is 5.83. The summed E-state index contributed by atoms with van der Waals surface area (Å²) in [5, 5.41) is 4.70. The maximum Gasteiger partial charge on any atom is 0.134 e. The minimum atomic E-state index is 1.03. The van der Waals surface area contributed by atoms with Crippen molar-refractivity contribution in [1.82, 2.24) is 5.32 Å². The lowest BCUT2D eigenvalue weighted by atomic mass is 9.90. The normalized spacial score (nSPS) is 14.9. The predicted octanol–water partition coefficient (Wildman–Crippen LogP) is 3.46. The highest BCUT2D eigenvalue weighted by atomic mass is 16.3. The molecule has 0 saturated carbocycles. The summed E-state index contributed by atoms with van der Waals surface area (Å²) in [7, 11) is 0. The van der Waals surface area contributed by atoms with E-state index in [4.69, 9.17) is 4.42 Å². The minimum Gasteiger partial charge on any atom is -0.464 e. The molecule has 96 valence electrons. The largest absolute Gasteiger partial charge is 0.464 e. The van der Waals surface area contributed by atoms with E-state index in [1.165, 1.54) is 42.2 Å². The Morgan fingerprint density at radius 3 is 2.72 bits per heavy atom. The van der Waals surface area contributed by atoms with Crippen LogP contribution in [0.5, 0.6) is 0 Å². The van der Waals surface area contributed by atoms with Crippen LogP contribution in [0.1, 0.15) is 36.5 Å². The fraction of sp³-hybridized carbons (Fsp3) is 0.500. The van der Waals surface area contributed by atoms with Crippen LogP contribution in [0.25, 0.3) is 11.0 Å². The number of benzene rings is 1. The molecule has 0 fully saturated rings. The number of fused-ring (bicyclic) bond motifs is 2. The van der Waals surface area contributed by atoms with Crippen LogP contribution in [0.15, 0.2) is 22.8 Å². The summed E-state index contributed by atoms with van der Waals surface area (Å²) >= 11 is 0. The molecule has 1 aromatic carbocycles. The van der Waals surface area contributed by atoms with E-state index in [-0.39, 0.29) is 0 Å². The molecule has 2 aromatic rings. The Morgan fingerprint density at radius 1 is 1.17 bits per heavy atom. The van der Waals surface area contributed by atoms with E-state index in [1.807, 2.05) is 6.26 Å². The van der Waals surface area contributed by atoms with Crippen molar-refractivity contribution in [3.63, 3.8) is 0 Å². The summed E-state index contributed by atoms with van der Waals surface area (Å²) in [6, 6.07) is 4.63. The van der Waals surface area contributed by atoms with Gasteiger partial charge in [-0.25, -0.2) is 0 Å². The highest BCUT2D eigenvalue weighted by Crippen LogP contribution is 2.29. The van der Waals surface area contributed by atoms with Crippen LogP contribution in [0, 0.1) is 0 Å². The second-order valence-electron chi connectivity index (χ2n) is 5.19. The van der Waals surface area contributed by atoms with Crippen LogP contribution < -0.4 is 5.32 Å². The molecule has 0 spiro atoms. The molecule has 2 nitrogen and oxygen atoms in total. The lowest BCUT2D eigenvalue weighted by Gasteiger charge is -2.15. The predicted molar refractivity (Wildman–Crippen MR) is 75.1 cm³/mol. The molecule has 2 heteroatoms. The molecular formula is C16H21NO. The molecule has 1 aromatic heterocycles. The second-order valence-corrected chi connectivity index (χ2v) is 5.19. The van der Waals surface area contributed by atoms with Gasteiger partial charge < -0.3 is 9.73 Å². The Bertz CT molecular complexity index is 541. The number of likely N-dealkylation sites (N-methyl/N-ethyl adjacent to an activating group) is 1. The Kier molecular flexibility index (Phi) is 3.37. The summed E-state index contributed by atoms with van der Waals surface area (Å²) in [4.78, 5) is 0. The van der Waals surface area contributed by atoms with Crippen LogP contribution in [-0.4, -0.2) is 13.1 Å². The van der Waals surface area contributed by atoms with Gasteiger partial charge in [-0.05, 0) is 74.0 Å². The molecule has 0 amide bonds. The summed E-state index contributed by atoms with van der Waals surface area (Å²) in [6.45, 7) is 4.21. The maximum atomic E-state index is 5.72. The van der Waals surface area contributed by atoms with Crippen molar-refractivity contribution in [2.75, 3.05) is 13.1 Å². The summed E-state index contributed by atoms with van der Waals surface area (Å²) in [5.41, 5.74) is 5.46. The number of nitrogens with one attached hydrogen (secondary N) is 1. The smallest absolute Gasteiger partial charge is 0.134 e. The van der Waals surface area contributed by atoms with Gasteiger partial charge in [0.05, 0.1) is 6.26 Å². The molecule has 1 N–H and O–H groups in total. The third kappa shape index (κ3) is 2.17. The maximum absolute atomic E-state index is 5.72. The van der Waals surface area contributed by atoms with Gasteiger partial charge >= 0.3 is 0 Å². The highest BCUT2D eigenvalue weighted by Gasteiger charge is 2.13. The third-order valence-corrected chi connectivity index (χ3v) is 3.94. The molecule has 1 aliphatic carbocycles.